The number of aromatic nitrogens is 1. The first kappa shape index (κ1) is 18.8. The van der Waals surface area contributed by atoms with Crippen molar-refractivity contribution < 1.29 is 0 Å². The zero-order valence-corrected chi connectivity index (χ0v) is 17.1. The lowest BCUT2D eigenvalue weighted by molar-refractivity contribution is 1.24. The molecule has 2 nitrogen and oxygen atoms in total. The van der Waals surface area contributed by atoms with Gasteiger partial charge >= 0.3 is 0 Å². The van der Waals surface area contributed by atoms with E-state index in [1.54, 1.807) is 0 Å². The van der Waals surface area contributed by atoms with Crippen LogP contribution in [0.15, 0.2) is 134 Å². The molecule has 0 saturated heterocycles. The topological polar surface area (TPSA) is 16.1 Å². The van der Waals surface area contributed by atoms with Crippen molar-refractivity contribution in [2.75, 3.05) is 4.90 Å². The summed E-state index contributed by atoms with van der Waals surface area (Å²) in [5.74, 6) is 0. The molecule has 5 aromatic rings. The van der Waals surface area contributed by atoms with Crippen LogP contribution in [0.1, 0.15) is 0 Å². The van der Waals surface area contributed by atoms with Crippen LogP contribution < -0.4 is 4.90 Å². The van der Waals surface area contributed by atoms with Crippen LogP contribution in [0.25, 0.3) is 22.3 Å². The van der Waals surface area contributed by atoms with E-state index in [-0.39, 0.29) is 0 Å². The van der Waals surface area contributed by atoms with Crippen molar-refractivity contribution in [2.24, 2.45) is 0 Å². The standard InChI is InChI=1S/C29H22N2/c1-3-7-23(8-4-1)25-11-15-27(16-12-25)31(29-19-21-30-22-20-29)28-17-13-26(14-18-28)24-9-5-2-6-10-24/h1-22H. The van der Waals surface area contributed by atoms with Crippen LogP contribution in [0.4, 0.5) is 17.1 Å². The average molecular weight is 399 g/mol. The van der Waals surface area contributed by atoms with Crippen LogP contribution in [-0.4, -0.2) is 4.98 Å². The minimum absolute atomic E-state index is 1.08. The zero-order chi connectivity index (χ0) is 20.9. The summed E-state index contributed by atoms with van der Waals surface area (Å²) >= 11 is 0. The Bertz CT molecular complexity index is 1150. The van der Waals surface area contributed by atoms with Crippen molar-refractivity contribution in [2.45, 2.75) is 0 Å². The summed E-state index contributed by atoms with van der Waals surface area (Å²) in [5.41, 5.74) is 8.15. The van der Waals surface area contributed by atoms with Crippen LogP contribution in [0, 0.1) is 0 Å². The number of hydrogen-bond acceptors (Lipinski definition) is 2. The molecule has 4 aromatic carbocycles. The average Bonchev–Trinajstić information content (AvgIpc) is 2.87. The molecule has 5 rings (SSSR count). The molecule has 0 spiro atoms. The minimum atomic E-state index is 1.08. The SMILES string of the molecule is c1ccc(-c2ccc(N(c3ccncc3)c3ccc(-c4ccccc4)cc3)cc2)cc1. The highest BCUT2D eigenvalue weighted by atomic mass is 15.1. The fourth-order valence-corrected chi connectivity index (χ4v) is 3.81. The van der Waals surface area contributed by atoms with Crippen LogP contribution >= 0.6 is 0 Å². The van der Waals surface area contributed by atoms with Gasteiger partial charge in [0.25, 0.3) is 0 Å². The first-order chi connectivity index (χ1) is 15.4. The van der Waals surface area contributed by atoms with Crippen molar-refractivity contribution in [1.29, 1.82) is 0 Å². The van der Waals surface area contributed by atoms with E-state index in [2.05, 4.69) is 107 Å². The molecule has 0 amide bonds. The van der Waals surface area contributed by atoms with Crippen LogP contribution in [0.5, 0.6) is 0 Å². The van der Waals surface area contributed by atoms with Gasteiger partial charge < -0.3 is 4.90 Å². The Labute approximate surface area is 183 Å². The van der Waals surface area contributed by atoms with Gasteiger partial charge in [-0.1, -0.05) is 84.9 Å². The van der Waals surface area contributed by atoms with Crippen LogP contribution in [0.3, 0.4) is 0 Å². The van der Waals surface area contributed by atoms with Crippen LogP contribution in [-0.2, 0) is 0 Å². The Balaban J connectivity index is 1.52. The third-order valence-corrected chi connectivity index (χ3v) is 5.39. The number of anilines is 3. The highest BCUT2D eigenvalue weighted by Gasteiger charge is 2.12. The molecule has 31 heavy (non-hydrogen) atoms. The monoisotopic (exact) mass is 398 g/mol. The first-order valence-electron chi connectivity index (χ1n) is 10.4. The van der Waals surface area contributed by atoms with E-state index in [0.717, 1.165) is 17.1 Å². The predicted molar refractivity (Wildman–Crippen MR) is 130 cm³/mol. The molecule has 0 bridgehead atoms. The van der Waals surface area contributed by atoms with Gasteiger partial charge in [0.05, 0.1) is 0 Å². The lowest BCUT2D eigenvalue weighted by Crippen LogP contribution is -2.09. The van der Waals surface area contributed by atoms with Crippen molar-refractivity contribution in [3.05, 3.63) is 134 Å². The molecule has 0 saturated carbocycles. The second-order valence-corrected chi connectivity index (χ2v) is 7.37. The molecule has 0 atom stereocenters. The summed E-state index contributed by atoms with van der Waals surface area (Å²) in [6.07, 6.45) is 3.66. The molecule has 0 aliphatic carbocycles. The fraction of sp³-hybridized carbons (Fsp3) is 0. The molecule has 1 aromatic heterocycles. The Morgan fingerprint density at radius 1 is 0.355 bits per heavy atom. The van der Waals surface area contributed by atoms with Crippen molar-refractivity contribution in [1.82, 2.24) is 4.98 Å². The van der Waals surface area contributed by atoms with E-state index >= 15 is 0 Å². The van der Waals surface area contributed by atoms with Crippen molar-refractivity contribution in [3.8, 4) is 22.3 Å². The van der Waals surface area contributed by atoms with E-state index in [9.17, 15) is 0 Å². The second kappa shape index (κ2) is 8.68. The van der Waals surface area contributed by atoms with Crippen molar-refractivity contribution >= 4 is 17.1 Å². The Hall–Kier alpha value is -4.17. The highest BCUT2D eigenvalue weighted by molar-refractivity contribution is 5.79. The van der Waals surface area contributed by atoms with E-state index in [0.29, 0.717) is 0 Å². The van der Waals surface area contributed by atoms with Gasteiger partial charge in [-0.3, -0.25) is 4.98 Å². The number of rotatable bonds is 5. The maximum atomic E-state index is 4.20. The third kappa shape index (κ3) is 4.10. The normalized spacial score (nSPS) is 10.6. The van der Waals surface area contributed by atoms with E-state index < -0.39 is 0 Å². The van der Waals surface area contributed by atoms with E-state index in [1.165, 1.54) is 22.3 Å². The quantitative estimate of drug-likeness (QED) is 0.299. The molecule has 1 heterocycles. The van der Waals surface area contributed by atoms with Gasteiger partial charge in [-0.05, 0) is 58.7 Å². The fourth-order valence-electron chi connectivity index (χ4n) is 3.81. The van der Waals surface area contributed by atoms with Crippen LogP contribution in [0.2, 0.25) is 0 Å². The number of benzene rings is 4. The molecule has 148 valence electrons. The maximum absolute atomic E-state index is 4.20. The summed E-state index contributed by atoms with van der Waals surface area (Å²) in [6, 6.07) is 42.4. The van der Waals surface area contributed by atoms with Gasteiger partial charge in [0, 0.05) is 29.5 Å². The molecular formula is C29H22N2. The van der Waals surface area contributed by atoms with Gasteiger partial charge in [-0.25, -0.2) is 0 Å². The summed E-state index contributed by atoms with van der Waals surface area (Å²) in [5, 5.41) is 0. The summed E-state index contributed by atoms with van der Waals surface area (Å²) in [4.78, 5) is 6.45. The molecule has 0 N–H and O–H groups in total. The highest BCUT2D eigenvalue weighted by Crippen LogP contribution is 2.36. The van der Waals surface area contributed by atoms with Gasteiger partial charge in [0.15, 0.2) is 0 Å². The molecular weight excluding hydrogens is 376 g/mol. The summed E-state index contributed by atoms with van der Waals surface area (Å²) < 4.78 is 0. The summed E-state index contributed by atoms with van der Waals surface area (Å²) in [7, 11) is 0. The van der Waals surface area contributed by atoms with Gasteiger partial charge in [-0.15, -0.1) is 0 Å². The molecule has 0 radical (unpaired) electrons. The zero-order valence-electron chi connectivity index (χ0n) is 17.1. The predicted octanol–water partition coefficient (Wildman–Crippen LogP) is 7.89. The lowest BCUT2D eigenvalue weighted by Gasteiger charge is -2.25. The molecule has 0 aliphatic rings. The largest absolute Gasteiger partial charge is 0.310 e. The smallest absolute Gasteiger partial charge is 0.0492 e. The number of pyridine rings is 1. The second-order valence-electron chi connectivity index (χ2n) is 7.37. The maximum Gasteiger partial charge on any atom is 0.0492 e. The van der Waals surface area contributed by atoms with E-state index in [4.69, 9.17) is 0 Å². The Morgan fingerprint density at radius 3 is 1.13 bits per heavy atom. The molecule has 2 heteroatoms. The van der Waals surface area contributed by atoms with Crippen molar-refractivity contribution in [3.63, 3.8) is 0 Å². The third-order valence-electron chi connectivity index (χ3n) is 5.39. The number of nitrogens with zero attached hydrogens (tertiary/aromatic N) is 2. The summed E-state index contributed by atoms with van der Waals surface area (Å²) in [6.45, 7) is 0. The molecule has 0 unspecified atom stereocenters. The van der Waals surface area contributed by atoms with E-state index in [1.807, 2.05) is 36.7 Å². The van der Waals surface area contributed by atoms with Gasteiger partial charge in [0.1, 0.15) is 0 Å². The number of hydrogen-bond donors (Lipinski definition) is 0. The first-order valence-corrected chi connectivity index (χ1v) is 10.4. The molecule has 0 fully saturated rings. The Morgan fingerprint density at radius 2 is 0.710 bits per heavy atom. The van der Waals surface area contributed by atoms with Gasteiger partial charge in [0.2, 0.25) is 0 Å². The minimum Gasteiger partial charge on any atom is -0.310 e. The van der Waals surface area contributed by atoms with Gasteiger partial charge in [-0.2, -0.15) is 0 Å². The molecule has 0 aliphatic heterocycles. The lowest BCUT2D eigenvalue weighted by atomic mass is 10.0. The Kier molecular flexibility index (Phi) is 5.27.